The number of aromatic nitrogens is 1. The van der Waals surface area contributed by atoms with Gasteiger partial charge in [-0.3, -0.25) is 0 Å². The number of nitrogens with zero attached hydrogens (tertiary/aromatic N) is 1. The van der Waals surface area contributed by atoms with Crippen LogP contribution in [-0.2, 0) is 6.54 Å². The fourth-order valence-electron chi connectivity index (χ4n) is 1.36. The first-order chi connectivity index (χ1) is 7.74. The molecule has 1 aromatic carbocycles. The molecule has 0 amide bonds. The van der Waals surface area contributed by atoms with E-state index in [2.05, 4.69) is 4.98 Å². The molecule has 0 fully saturated rings. The van der Waals surface area contributed by atoms with E-state index in [1.165, 1.54) is 18.4 Å². The van der Waals surface area contributed by atoms with Crippen molar-refractivity contribution in [1.82, 2.24) is 4.98 Å². The van der Waals surface area contributed by atoms with E-state index in [1.54, 1.807) is 18.3 Å². The number of hydrogen-bond donors (Lipinski definition) is 2. The van der Waals surface area contributed by atoms with Crippen molar-refractivity contribution in [3.8, 4) is 22.1 Å². The molecule has 2 rings (SSSR count). The summed E-state index contributed by atoms with van der Waals surface area (Å²) in [7, 11) is 1.52. The molecule has 1 aromatic heterocycles. The Hall–Kier alpha value is -1.59. The van der Waals surface area contributed by atoms with Crippen LogP contribution in [0.15, 0.2) is 24.4 Å². The number of nitrogens with two attached hydrogens (primary N) is 1. The molecule has 0 spiro atoms. The molecule has 0 radical (unpaired) electrons. The van der Waals surface area contributed by atoms with Crippen molar-refractivity contribution in [2.75, 3.05) is 7.11 Å². The van der Waals surface area contributed by atoms with Crippen LogP contribution in [0.2, 0.25) is 0 Å². The van der Waals surface area contributed by atoms with Gasteiger partial charge >= 0.3 is 0 Å². The highest BCUT2D eigenvalue weighted by Gasteiger charge is 2.07. The minimum atomic E-state index is 0.115. The lowest BCUT2D eigenvalue weighted by atomic mass is 10.2. The molecule has 0 saturated heterocycles. The predicted octanol–water partition coefficient (Wildman–Crippen LogP) is 1.98. The molecule has 84 valence electrons. The second-order valence-electron chi connectivity index (χ2n) is 3.22. The first kappa shape index (κ1) is 10.9. The van der Waals surface area contributed by atoms with Crippen LogP contribution >= 0.6 is 11.3 Å². The smallest absolute Gasteiger partial charge is 0.160 e. The molecule has 0 aliphatic rings. The van der Waals surface area contributed by atoms with E-state index in [0.717, 1.165) is 15.4 Å². The third-order valence-electron chi connectivity index (χ3n) is 2.18. The first-order valence-corrected chi connectivity index (χ1v) is 5.58. The SMILES string of the molecule is COc1ccc(-c2ncc(CN)s2)cc1O. The Labute approximate surface area is 97.3 Å². The van der Waals surface area contributed by atoms with Crippen molar-refractivity contribution in [3.63, 3.8) is 0 Å². The van der Waals surface area contributed by atoms with Gasteiger partial charge in [-0.05, 0) is 18.2 Å². The minimum Gasteiger partial charge on any atom is -0.504 e. The Bertz CT molecular complexity index is 496. The zero-order valence-corrected chi connectivity index (χ0v) is 9.62. The summed E-state index contributed by atoms with van der Waals surface area (Å²) in [5, 5.41) is 10.5. The van der Waals surface area contributed by atoms with E-state index in [-0.39, 0.29) is 5.75 Å². The highest BCUT2D eigenvalue weighted by molar-refractivity contribution is 7.15. The zero-order chi connectivity index (χ0) is 11.5. The van der Waals surface area contributed by atoms with E-state index in [9.17, 15) is 5.11 Å². The molecule has 0 saturated carbocycles. The van der Waals surface area contributed by atoms with Crippen molar-refractivity contribution in [1.29, 1.82) is 0 Å². The summed E-state index contributed by atoms with van der Waals surface area (Å²) in [5.74, 6) is 0.573. The fraction of sp³-hybridized carbons (Fsp3) is 0.182. The Balaban J connectivity index is 2.37. The number of phenols is 1. The number of thiazole rings is 1. The van der Waals surface area contributed by atoms with E-state index >= 15 is 0 Å². The maximum absolute atomic E-state index is 9.64. The second-order valence-corrected chi connectivity index (χ2v) is 4.34. The van der Waals surface area contributed by atoms with E-state index in [0.29, 0.717) is 12.3 Å². The quantitative estimate of drug-likeness (QED) is 0.855. The van der Waals surface area contributed by atoms with Crippen LogP contribution < -0.4 is 10.5 Å². The highest BCUT2D eigenvalue weighted by atomic mass is 32.1. The topological polar surface area (TPSA) is 68.4 Å². The molecule has 0 bridgehead atoms. The molecule has 4 nitrogen and oxygen atoms in total. The van der Waals surface area contributed by atoms with Crippen LogP contribution in [0, 0.1) is 0 Å². The number of aromatic hydroxyl groups is 1. The summed E-state index contributed by atoms with van der Waals surface area (Å²) in [6.45, 7) is 0.486. The van der Waals surface area contributed by atoms with Crippen LogP contribution in [0.3, 0.4) is 0 Å². The molecule has 2 aromatic rings. The lowest BCUT2D eigenvalue weighted by molar-refractivity contribution is 0.373. The lowest BCUT2D eigenvalue weighted by Crippen LogP contribution is -1.91. The third-order valence-corrected chi connectivity index (χ3v) is 3.25. The van der Waals surface area contributed by atoms with E-state index < -0.39 is 0 Å². The number of benzene rings is 1. The van der Waals surface area contributed by atoms with Crippen molar-refractivity contribution >= 4 is 11.3 Å². The monoisotopic (exact) mass is 236 g/mol. The van der Waals surface area contributed by atoms with Crippen LogP contribution in [-0.4, -0.2) is 17.2 Å². The van der Waals surface area contributed by atoms with Gasteiger partial charge in [-0.1, -0.05) is 0 Å². The summed E-state index contributed by atoms with van der Waals surface area (Å²) in [6, 6.07) is 5.21. The molecule has 0 aliphatic heterocycles. The number of hydrogen-bond acceptors (Lipinski definition) is 5. The molecule has 16 heavy (non-hydrogen) atoms. The van der Waals surface area contributed by atoms with Crippen molar-refractivity contribution in [3.05, 3.63) is 29.3 Å². The van der Waals surface area contributed by atoms with Gasteiger partial charge in [-0.15, -0.1) is 11.3 Å². The average Bonchev–Trinajstić information content (AvgIpc) is 2.77. The van der Waals surface area contributed by atoms with Gasteiger partial charge in [0, 0.05) is 23.2 Å². The van der Waals surface area contributed by atoms with Crippen molar-refractivity contribution < 1.29 is 9.84 Å². The van der Waals surface area contributed by atoms with Gasteiger partial charge in [0.15, 0.2) is 11.5 Å². The van der Waals surface area contributed by atoms with E-state index in [4.69, 9.17) is 10.5 Å². The van der Waals surface area contributed by atoms with Gasteiger partial charge in [-0.25, -0.2) is 4.98 Å². The first-order valence-electron chi connectivity index (χ1n) is 4.76. The van der Waals surface area contributed by atoms with Gasteiger partial charge in [0.05, 0.1) is 7.11 Å². The zero-order valence-electron chi connectivity index (χ0n) is 8.80. The summed E-state index contributed by atoms with van der Waals surface area (Å²) in [6.07, 6.45) is 1.75. The molecule has 5 heteroatoms. The average molecular weight is 236 g/mol. The van der Waals surface area contributed by atoms with Gasteiger partial charge in [0.2, 0.25) is 0 Å². The Morgan fingerprint density at radius 2 is 2.31 bits per heavy atom. The predicted molar refractivity (Wildman–Crippen MR) is 63.7 cm³/mol. The van der Waals surface area contributed by atoms with Crippen LogP contribution in [0.5, 0.6) is 11.5 Å². The molecule has 0 atom stereocenters. The second kappa shape index (κ2) is 4.51. The summed E-state index contributed by atoms with van der Waals surface area (Å²) >= 11 is 1.52. The Kier molecular flexibility index (Phi) is 3.07. The number of ether oxygens (including phenoxy) is 1. The fourth-order valence-corrected chi connectivity index (χ4v) is 2.15. The van der Waals surface area contributed by atoms with Gasteiger partial charge < -0.3 is 15.6 Å². The molecule has 0 aliphatic carbocycles. The number of rotatable bonds is 3. The summed E-state index contributed by atoms with van der Waals surface area (Å²) in [5.41, 5.74) is 6.38. The van der Waals surface area contributed by atoms with Gasteiger partial charge in [0.25, 0.3) is 0 Å². The van der Waals surface area contributed by atoms with Gasteiger partial charge in [0.1, 0.15) is 5.01 Å². The van der Waals surface area contributed by atoms with Crippen molar-refractivity contribution in [2.45, 2.75) is 6.54 Å². The number of methoxy groups -OCH3 is 1. The van der Waals surface area contributed by atoms with Crippen LogP contribution in [0.4, 0.5) is 0 Å². The van der Waals surface area contributed by atoms with Crippen LogP contribution in [0.25, 0.3) is 10.6 Å². The molecule has 1 heterocycles. The number of phenolic OH excluding ortho intramolecular Hbond substituents is 1. The molecular weight excluding hydrogens is 224 g/mol. The molecule has 0 unspecified atom stereocenters. The summed E-state index contributed by atoms with van der Waals surface area (Å²) < 4.78 is 4.98. The largest absolute Gasteiger partial charge is 0.504 e. The van der Waals surface area contributed by atoms with Crippen molar-refractivity contribution in [2.24, 2.45) is 5.73 Å². The highest BCUT2D eigenvalue weighted by Crippen LogP contribution is 2.32. The minimum absolute atomic E-state index is 0.115. The Morgan fingerprint density at radius 1 is 1.50 bits per heavy atom. The Morgan fingerprint density at radius 3 is 2.88 bits per heavy atom. The maximum atomic E-state index is 9.64. The molecule has 3 N–H and O–H groups in total. The summed E-state index contributed by atoms with van der Waals surface area (Å²) in [4.78, 5) is 5.26. The normalized spacial score (nSPS) is 10.4. The molecular formula is C11H12N2O2S. The van der Waals surface area contributed by atoms with Crippen LogP contribution in [0.1, 0.15) is 4.88 Å². The third kappa shape index (κ3) is 2.00. The standard InChI is InChI=1S/C11H12N2O2S/c1-15-10-3-2-7(4-9(10)14)11-13-6-8(5-12)16-11/h2-4,6,14H,5,12H2,1H3. The van der Waals surface area contributed by atoms with Gasteiger partial charge in [-0.2, -0.15) is 0 Å². The maximum Gasteiger partial charge on any atom is 0.160 e. The lowest BCUT2D eigenvalue weighted by Gasteiger charge is -2.03. The van der Waals surface area contributed by atoms with E-state index in [1.807, 2.05) is 6.07 Å².